The van der Waals surface area contributed by atoms with Crippen molar-refractivity contribution in [1.29, 1.82) is 0 Å². The SMILES string of the molecule is CC(NC(=O)c1ccc(C)cc1)=C1C2CNCC12. The van der Waals surface area contributed by atoms with Crippen molar-refractivity contribution in [2.45, 2.75) is 13.8 Å². The van der Waals surface area contributed by atoms with Gasteiger partial charge in [0.25, 0.3) is 5.91 Å². The first-order valence-electron chi connectivity index (χ1n) is 6.46. The van der Waals surface area contributed by atoms with Crippen LogP contribution in [0.4, 0.5) is 0 Å². The molecule has 1 amide bonds. The Labute approximate surface area is 107 Å². The summed E-state index contributed by atoms with van der Waals surface area (Å²) in [6, 6.07) is 7.68. The minimum Gasteiger partial charge on any atom is -0.326 e. The zero-order valence-corrected chi connectivity index (χ0v) is 10.8. The second-order valence-corrected chi connectivity index (χ2v) is 5.27. The van der Waals surface area contributed by atoms with Crippen molar-refractivity contribution in [3.63, 3.8) is 0 Å². The van der Waals surface area contributed by atoms with E-state index in [4.69, 9.17) is 0 Å². The molecule has 18 heavy (non-hydrogen) atoms. The summed E-state index contributed by atoms with van der Waals surface area (Å²) in [6.07, 6.45) is 0. The van der Waals surface area contributed by atoms with Crippen LogP contribution in [0.3, 0.4) is 0 Å². The Balaban J connectivity index is 1.70. The van der Waals surface area contributed by atoms with E-state index in [0.29, 0.717) is 11.8 Å². The van der Waals surface area contributed by atoms with Gasteiger partial charge in [0, 0.05) is 36.2 Å². The maximum atomic E-state index is 12.1. The molecule has 2 fully saturated rings. The molecule has 1 saturated heterocycles. The van der Waals surface area contributed by atoms with Gasteiger partial charge < -0.3 is 10.6 Å². The Kier molecular flexibility index (Phi) is 2.71. The zero-order valence-electron chi connectivity index (χ0n) is 10.8. The number of fused-ring (bicyclic) bond motifs is 1. The highest BCUT2D eigenvalue weighted by Gasteiger charge is 2.48. The Morgan fingerprint density at radius 1 is 1.22 bits per heavy atom. The lowest BCUT2D eigenvalue weighted by atomic mass is 10.1. The Hall–Kier alpha value is -1.61. The average Bonchev–Trinajstić information content (AvgIpc) is 2.84. The van der Waals surface area contributed by atoms with E-state index in [2.05, 4.69) is 10.6 Å². The third kappa shape index (κ3) is 1.95. The van der Waals surface area contributed by atoms with Gasteiger partial charge in [-0.15, -0.1) is 0 Å². The van der Waals surface area contributed by atoms with Crippen molar-refractivity contribution in [2.75, 3.05) is 13.1 Å². The van der Waals surface area contributed by atoms with Gasteiger partial charge >= 0.3 is 0 Å². The van der Waals surface area contributed by atoms with Crippen molar-refractivity contribution in [3.05, 3.63) is 46.7 Å². The van der Waals surface area contributed by atoms with Gasteiger partial charge in [-0.05, 0) is 31.6 Å². The van der Waals surface area contributed by atoms with Gasteiger partial charge in [0.15, 0.2) is 0 Å². The minimum atomic E-state index is -0.00191. The van der Waals surface area contributed by atoms with E-state index in [1.165, 1.54) is 11.1 Å². The first kappa shape index (κ1) is 11.5. The van der Waals surface area contributed by atoms with Crippen LogP contribution in [-0.2, 0) is 0 Å². The fourth-order valence-corrected chi connectivity index (χ4v) is 2.85. The summed E-state index contributed by atoms with van der Waals surface area (Å²) >= 11 is 0. The van der Waals surface area contributed by atoms with Crippen LogP contribution >= 0.6 is 0 Å². The van der Waals surface area contributed by atoms with E-state index >= 15 is 0 Å². The summed E-state index contributed by atoms with van der Waals surface area (Å²) in [6.45, 7) is 6.17. The second-order valence-electron chi connectivity index (χ2n) is 5.27. The van der Waals surface area contributed by atoms with Crippen molar-refractivity contribution in [1.82, 2.24) is 10.6 Å². The number of hydrogen-bond acceptors (Lipinski definition) is 2. The quantitative estimate of drug-likeness (QED) is 0.831. The molecule has 2 atom stereocenters. The number of piperidine rings is 1. The molecule has 0 bridgehead atoms. The summed E-state index contributed by atoms with van der Waals surface area (Å²) < 4.78 is 0. The molecule has 0 spiro atoms. The van der Waals surface area contributed by atoms with Crippen LogP contribution in [0.15, 0.2) is 35.5 Å². The number of carbonyl (C=O) groups excluding carboxylic acids is 1. The molecule has 1 aromatic carbocycles. The molecule has 1 aliphatic heterocycles. The molecule has 2 aliphatic rings. The topological polar surface area (TPSA) is 41.1 Å². The van der Waals surface area contributed by atoms with Crippen LogP contribution in [-0.4, -0.2) is 19.0 Å². The number of carbonyl (C=O) groups is 1. The normalized spacial score (nSPS) is 24.7. The third-order valence-electron chi connectivity index (χ3n) is 3.95. The molecule has 1 saturated carbocycles. The lowest BCUT2D eigenvalue weighted by Gasteiger charge is -2.07. The van der Waals surface area contributed by atoms with Gasteiger partial charge in [-0.2, -0.15) is 0 Å². The van der Waals surface area contributed by atoms with E-state index in [1.54, 1.807) is 0 Å². The van der Waals surface area contributed by atoms with Crippen LogP contribution in [0.25, 0.3) is 0 Å². The van der Waals surface area contributed by atoms with Crippen molar-refractivity contribution in [2.24, 2.45) is 11.8 Å². The van der Waals surface area contributed by atoms with E-state index in [-0.39, 0.29) is 5.91 Å². The third-order valence-corrected chi connectivity index (χ3v) is 3.95. The van der Waals surface area contributed by atoms with E-state index < -0.39 is 0 Å². The van der Waals surface area contributed by atoms with Gasteiger partial charge in [-0.3, -0.25) is 4.79 Å². The van der Waals surface area contributed by atoms with E-state index in [0.717, 1.165) is 24.4 Å². The fraction of sp³-hybridized carbons (Fsp3) is 0.400. The maximum Gasteiger partial charge on any atom is 0.255 e. The number of amides is 1. The summed E-state index contributed by atoms with van der Waals surface area (Å²) in [5, 5.41) is 6.37. The molecule has 3 nitrogen and oxygen atoms in total. The average molecular weight is 242 g/mol. The van der Waals surface area contributed by atoms with Crippen molar-refractivity contribution < 1.29 is 4.79 Å². The van der Waals surface area contributed by atoms with Crippen LogP contribution in [0.1, 0.15) is 22.8 Å². The molecular weight excluding hydrogens is 224 g/mol. The highest BCUT2D eigenvalue weighted by molar-refractivity contribution is 5.95. The van der Waals surface area contributed by atoms with Crippen LogP contribution in [0, 0.1) is 18.8 Å². The first-order valence-corrected chi connectivity index (χ1v) is 6.46. The lowest BCUT2D eigenvalue weighted by molar-refractivity contribution is 0.0965. The van der Waals surface area contributed by atoms with Gasteiger partial charge in [0.05, 0.1) is 0 Å². The fourth-order valence-electron chi connectivity index (χ4n) is 2.85. The molecule has 1 aromatic rings. The minimum absolute atomic E-state index is 0.00191. The number of hydrogen-bond donors (Lipinski definition) is 2. The Morgan fingerprint density at radius 2 is 1.83 bits per heavy atom. The summed E-state index contributed by atoms with van der Waals surface area (Å²) in [5.41, 5.74) is 4.39. The van der Waals surface area contributed by atoms with E-state index in [1.807, 2.05) is 38.1 Å². The predicted molar refractivity (Wildman–Crippen MR) is 71.2 cm³/mol. The van der Waals surface area contributed by atoms with E-state index in [9.17, 15) is 4.79 Å². The molecule has 3 heteroatoms. The summed E-state index contributed by atoms with van der Waals surface area (Å²) in [4.78, 5) is 12.1. The molecule has 3 rings (SSSR count). The highest BCUT2D eigenvalue weighted by Crippen LogP contribution is 2.49. The summed E-state index contributed by atoms with van der Waals surface area (Å²) in [5.74, 6) is 1.34. The van der Waals surface area contributed by atoms with Crippen molar-refractivity contribution >= 4 is 5.91 Å². The highest BCUT2D eigenvalue weighted by atomic mass is 16.1. The predicted octanol–water partition coefficient (Wildman–Crippen LogP) is 1.85. The van der Waals surface area contributed by atoms with Crippen LogP contribution in [0.2, 0.25) is 0 Å². The number of aryl methyl sites for hydroxylation is 1. The van der Waals surface area contributed by atoms with Crippen molar-refractivity contribution in [3.8, 4) is 0 Å². The monoisotopic (exact) mass is 242 g/mol. The van der Waals surface area contributed by atoms with Crippen LogP contribution < -0.4 is 10.6 Å². The lowest BCUT2D eigenvalue weighted by Crippen LogP contribution is -2.22. The summed E-state index contributed by atoms with van der Waals surface area (Å²) in [7, 11) is 0. The van der Waals surface area contributed by atoms with Gasteiger partial charge in [-0.1, -0.05) is 17.7 Å². The standard InChI is InChI=1S/C15H18N2O/c1-9-3-5-11(6-4-9)15(18)17-10(2)14-12-7-16-8-13(12)14/h3-6,12-13,16H,7-8H2,1-2H3,(H,17,18). The molecule has 0 radical (unpaired) electrons. The zero-order chi connectivity index (χ0) is 12.7. The van der Waals surface area contributed by atoms with Gasteiger partial charge in [0.1, 0.15) is 0 Å². The second kappa shape index (κ2) is 4.25. The molecule has 0 aromatic heterocycles. The molecule has 1 heterocycles. The molecule has 1 aliphatic carbocycles. The number of nitrogens with one attached hydrogen (secondary N) is 2. The van der Waals surface area contributed by atoms with Gasteiger partial charge in [0.2, 0.25) is 0 Å². The molecule has 2 unspecified atom stereocenters. The molecule has 94 valence electrons. The number of rotatable bonds is 2. The first-order chi connectivity index (χ1) is 8.66. The molecule has 2 N–H and O–H groups in total. The smallest absolute Gasteiger partial charge is 0.255 e. The largest absolute Gasteiger partial charge is 0.326 e. The maximum absolute atomic E-state index is 12.1. The van der Waals surface area contributed by atoms with Crippen LogP contribution in [0.5, 0.6) is 0 Å². The Bertz CT molecular complexity index is 504. The molecular formula is C15H18N2O. The van der Waals surface area contributed by atoms with Gasteiger partial charge in [-0.25, -0.2) is 0 Å². The number of benzene rings is 1. The number of allylic oxidation sites excluding steroid dienone is 1. The Morgan fingerprint density at radius 3 is 2.44 bits per heavy atom.